The number of rotatable bonds is 1. The first-order valence-electron chi connectivity index (χ1n) is 5.50. The van der Waals surface area contributed by atoms with Crippen molar-refractivity contribution in [3.63, 3.8) is 0 Å². The molecule has 1 fully saturated rings. The van der Waals surface area contributed by atoms with Gasteiger partial charge in [0, 0.05) is 24.1 Å². The average Bonchev–Trinajstić information content (AvgIpc) is 2.38. The van der Waals surface area contributed by atoms with E-state index in [1.807, 2.05) is 0 Å². The maximum atomic E-state index is 13.0. The fourth-order valence-electron chi connectivity index (χ4n) is 1.88. The van der Waals surface area contributed by atoms with Crippen LogP contribution in [0, 0.1) is 17.1 Å². The Morgan fingerprint density at radius 3 is 3.06 bits per heavy atom. The Morgan fingerprint density at radius 2 is 2.39 bits per heavy atom. The van der Waals surface area contributed by atoms with Crippen LogP contribution in [0.1, 0.15) is 10.4 Å². The van der Waals surface area contributed by atoms with E-state index in [9.17, 15) is 9.18 Å². The number of carbonyl (C=O) groups is 1. The molecule has 18 heavy (non-hydrogen) atoms. The second-order valence-electron chi connectivity index (χ2n) is 3.97. The molecule has 1 unspecified atom stereocenters. The van der Waals surface area contributed by atoms with Crippen LogP contribution in [-0.4, -0.2) is 36.5 Å². The van der Waals surface area contributed by atoms with E-state index < -0.39 is 11.9 Å². The van der Waals surface area contributed by atoms with E-state index in [4.69, 9.17) is 5.26 Å². The summed E-state index contributed by atoms with van der Waals surface area (Å²) >= 11 is 3.17. The van der Waals surface area contributed by atoms with Crippen LogP contribution in [0.5, 0.6) is 0 Å². The summed E-state index contributed by atoms with van der Waals surface area (Å²) in [6, 6.07) is 5.52. The van der Waals surface area contributed by atoms with E-state index in [0.717, 1.165) is 0 Å². The van der Waals surface area contributed by atoms with Gasteiger partial charge in [0.05, 0.1) is 11.6 Å². The summed E-state index contributed by atoms with van der Waals surface area (Å²) < 4.78 is 13.4. The first-order valence-corrected chi connectivity index (χ1v) is 6.29. The molecule has 94 valence electrons. The number of halogens is 2. The smallest absolute Gasteiger partial charge is 0.256 e. The monoisotopic (exact) mass is 311 g/mol. The second kappa shape index (κ2) is 5.46. The minimum absolute atomic E-state index is 0.255. The van der Waals surface area contributed by atoms with Gasteiger partial charge in [-0.2, -0.15) is 5.26 Å². The Balaban J connectivity index is 2.27. The van der Waals surface area contributed by atoms with Gasteiger partial charge in [0.2, 0.25) is 0 Å². The molecule has 4 nitrogen and oxygen atoms in total. The molecule has 0 saturated carbocycles. The molecular weight excluding hydrogens is 301 g/mol. The Bertz CT molecular complexity index is 515. The quantitative estimate of drug-likeness (QED) is 0.855. The molecule has 1 amide bonds. The van der Waals surface area contributed by atoms with Gasteiger partial charge in [0.15, 0.2) is 0 Å². The van der Waals surface area contributed by atoms with Crippen LogP contribution >= 0.6 is 15.9 Å². The molecule has 2 rings (SSSR count). The number of amides is 1. The summed E-state index contributed by atoms with van der Waals surface area (Å²) in [7, 11) is 0. The van der Waals surface area contributed by atoms with Gasteiger partial charge in [0.25, 0.3) is 5.91 Å². The number of nitrogens with one attached hydrogen (secondary N) is 1. The highest BCUT2D eigenvalue weighted by atomic mass is 79.9. The van der Waals surface area contributed by atoms with Crippen molar-refractivity contribution in [1.29, 1.82) is 5.26 Å². The molecule has 0 spiro atoms. The maximum absolute atomic E-state index is 13.0. The third-order valence-electron chi connectivity index (χ3n) is 2.81. The molecule has 0 bridgehead atoms. The van der Waals surface area contributed by atoms with E-state index in [-0.39, 0.29) is 5.91 Å². The second-order valence-corrected chi connectivity index (χ2v) is 4.83. The van der Waals surface area contributed by atoms with Gasteiger partial charge in [-0.15, -0.1) is 0 Å². The van der Waals surface area contributed by atoms with Crippen LogP contribution in [0.25, 0.3) is 0 Å². The Morgan fingerprint density at radius 1 is 1.61 bits per heavy atom. The lowest BCUT2D eigenvalue weighted by Gasteiger charge is -2.32. The van der Waals surface area contributed by atoms with E-state index in [2.05, 4.69) is 27.3 Å². The van der Waals surface area contributed by atoms with Crippen molar-refractivity contribution in [3.05, 3.63) is 34.1 Å². The zero-order valence-electron chi connectivity index (χ0n) is 9.49. The first-order chi connectivity index (χ1) is 8.63. The molecule has 1 saturated heterocycles. The van der Waals surface area contributed by atoms with Gasteiger partial charge in [-0.25, -0.2) is 4.39 Å². The molecule has 1 atom stereocenters. The van der Waals surface area contributed by atoms with Crippen molar-refractivity contribution in [3.8, 4) is 6.07 Å². The molecule has 0 aromatic heterocycles. The molecule has 1 aliphatic heterocycles. The van der Waals surface area contributed by atoms with Gasteiger partial charge in [-0.05, 0) is 34.1 Å². The minimum Gasteiger partial charge on any atom is -0.320 e. The number of hydrogen-bond donors (Lipinski definition) is 1. The zero-order chi connectivity index (χ0) is 13.1. The third-order valence-corrected chi connectivity index (χ3v) is 3.47. The number of carbonyl (C=O) groups excluding carboxylic acids is 1. The van der Waals surface area contributed by atoms with Gasteiger partial charge in [-0.3, -0.25) is 4.79 Å². The van der Waals surface area contributed by atoms with Gasteiger partial charge < -0.3 is 10.2 Å². The molecule has 1 aromatic carbocycles. The predicted octanol–water partition coefficient (Wildman–Crippen LogP) is 1.53. The lowest BCUT2D eigenvalue weighted by Crippen LogP contribution is -2.53. The van der Waals surface area contributed by atoms with Crippen molar-refractivity contribution >= 4 is 21.8 Å². The van der Waals surface area contributed by atoms with Gasteiger partial charge in [0.1, 0.15) is 11.9 Å². The molecule has 1 heterocycles. The van der Waals surface area contributed by atoms with Crippen LogP contribution in [-0.2, 0) is 0 Å². The van der Waals surface area contributed by atoms with Crippen molar-refractivity contribution in [1.82, 2.24) is 10.2 Å². The number of nitrogens with zero attached hydrogens (tertiary/aromatic N) is 2. The highest BCUT2D eigenvalue weighted by Gasteiger charge is 2.28. The fourth-order valence-corrected chi connectivity index (χ4v) is 2.40. The summed E-state index contributed by atoms with van der Waals surface area (Å²) in [6.45, 7) is 1.59. The van der Waals surface area contributed by atoms with Crippen LogP contribution < -0.4 is 5.32 Å². The number of benzene rings is 1. The number of hydrogen-bond acceptors (Lipinski definition) is 3. The van der Waals surface area contributed by atoms with Crippen molar-refractivity contribution in [2.75, 3.05) is 19.6 Å². The van der Waals surface area contributed by atoms with Crippen LogP contribution in [0.15, 0.2) is 22.7 Å². The van der Waals surface area contributed by atoms with Gasteiger partial charge in [-0.1, -0.05) is 0 Å². The van der Waals surface area contributed by atoms with Gasteiger partial charge >= 0.3 is 0 Å². The molecule has 0 aliphatic carbocycles. The predicted molar refractivity (Wildman–Crippen MR) is 67.4 cm³/mol. The topological polar surface area (TPSA) is 56.1 Å². The normalized spacial score (nSPS) is 19.4. The molecule has 1 N–H and O–H groups in total. The Labute approximate surface area is 113 Å². The molecule has 0 radical (unpaired) electrons. The fraction of sp³-hybridized carbons (Fsp3) is 0.333. The lowest BCUT2D eigenvalue weighted by molar-refractivity contribution is 0.0686. The maximum Gasteiger partial charge on any atom is 0.256 e. The van der Waals surface area contributed by atoms with E-state index in [1.165, 1.54) is 23.1 Å². The lowest BCUT2D eigenvalue weighted by atomic mass is 10.1. The molecule has 6 heteroatoms. The SMILES string of the molecule is N#CC1CNCCN1C(=O)c1ccc(F)cc1Br. The number of piperazine rings is 1. The summed E-state index contributed by atoms with van der Waals surface area (Å²) in [5.74, 6) is -0.662. The Kier molecular flexibility index (Phi) is 3.94. The molecule has 1 aromatic rings. The molecule has 1 aliphatic rings. The highest BCUT2D eigenvalue weighted by molar-refractivity contribution is 9.10. The van der Waals surface area contributed by atoms with Crippen molar-refractivity contribution in [2.24, 2.45) is 0 Å². The Hall–Kier alpha value is -1.45. The van der Waals surface area contributed by atoms with Crippen LogP contribution in [0.3, 0.4) is 0 Å². The van der Waals surface area contributed by atoms with Crippen LogP contribution in [0.2, 0.25) is 0 Å². The average molecular weight is 312 g/mol. The zero-order valence-corrected chi connectivity index (χ0v) is 11.1. The summed E-state index contributed by atoms with van der Waals surface area (Å²) in [5.41, 5.74) is 0.374. The first kappa shape index (κ1) is 13.0. The summed E-state index contributed by atoms with van der Waals surface area (Å²) in [6.07, 6.45) is 0. The third kappa shape index (κ3) is 2.52. The van der Waals surface area contributed by atoms with E-state index in [0.29, 0.717) is 29.7 Å². The van der Waals surface area contributed by atoms with Crippen molar-refractivity contribution in [2.45, 2.75) is 6.04 Å². The highest BCUT2D eigenvalue weighted by Crippen LogP contribution is 2.21. The van der Waals surface area contributed by atoms with E-state index in [1.54, 1.807) is 0 Å². The largest absolute Gasteiger partial charge is 0.320 e. The minimum atomic E-state index is -0.483. The standard InChI is InChI=1S/C12H11BrFN3O/c13-11-5-8(14)1-2-10(11)12(18)17-4-3-16-7-9(17)6-15/h1-2,5,9,16H,3-4,7H2. The summed E-state index contributed by atoms with van der Waals surface area (Å²) in [5, 5.41) is 12.1. The summed E-state index contributed by atoms with van der Waals surface area (Å²) in [4.78, 5) is 13.8. The number of nitriles is 1. The van der Waals surface area contributed by atoms with Crippen LogP contribution in [0.4, 0.5) is 4.39 Å². The van der Waals surface area contributed by atoms with Crippen molar-refractivity contribution < 1.29 is 9.18 Å². The molecular formula is C12H11BrFN3O. The van der Waals surface area contributed by atoms with E-state index >= 15 is 0 Å².